The van der Waals surface area contributed by atoms with E-state index < -0.39 is 11.8 Å². The van der Waals surface area contributed by atoms with Gasteiger partial charge in [0.15, 0.2) is 0 Å². The molecule has 3 aromatic rings. The van der Waals surface area contributed by atoms with Crippen LogP contribution in [-0.4, -0.2) is 18.9 Å². The molecule has 0 fully saturated rings. The summed E-state index contributed by atoms with van der Waals surface area (Å²) >= 11 is 12.3. The summed E-state index contributed by atoms with van der Waals surface area (Å²) in [6.07, 6.45) is 0. The molecule has 1 aliphatic rings. The molecule has 0 aromatic heterocycles. The first kappa shape index (κ1) is 21.0. The van der Waals surface area contributed by atoms with Crippen molar-refractivity contribution in [2.24, 2.45) is 0 Å². The van der Waals surface area contributed by atoms with Crippen LogP contribution in [0.3, 0.4) is 0 Å². The highest BCUT2D eigenvalue weighted by molar-refractivity contribution is 6.46. The summed E-state index contributed by atoms with van der Waals surface area (Å²) in [7, 11) is 1.49. The maximum absolute atomic E-state index is 13.5. The molecule has 0 aliphatic carbocycles. The molecule has 7 heteroatoms. The zero-order chi connectivity index (χ0) is 22.1. The van der Waals surface area contributed by atoms with Crippen molar-refractivity contribution in [3.8, 4) is 5.75 Å². The van der Waals surface area contributed by atoms with Crippen LogP contribution in [0.25, 0.3) is 5.57 Å². The van der Waals surface area contributed by atoms with Crippen molar-refractivity contribution >= 4 is 52.0 Å². The van der Waals surface area contributed by atoms with E-state index in [0.29, 0.717) is 32.7 Å². The van der Waals surface area contributed by atoms with Gasteiger partial charge in [-0.1, -0.05) is 53.5 Å². The van der Waals surface area contributed by atoms with E-state index in [2.05, 4.69) is 5.32 Å². The smallest absolute Gasteiger partial charge is 0.282 e. The molecule has 1 heterocycles. The first-order valence-electron chi connectivity index (χ1n) is 9.46. The van der Waals surface area contributed by atoms with Crippen molar-refractivity contribution in [2.45, 2.75) is 6.92 Å². The maximum Gasteiger partial charge on any atom is 0.282 e. The largest absolute Gasteiger partial charge is 0.495 e. The van der Waals surface area contributed by atoms with E-state index >= 15 is 0 Å². The second kappa shape index (κ2) is 8.46. The Morgan fingerprint density at radius 3 is 2.29 bits per heavy atom. The number of carbonyl (C=O) groups excluding carboxylic acids is 2. The zero-order valence-corrected chi connectivity index (χ0v) is 18.3. The third kappa shape index (κ3) is 3.90. The number of nitrogens with zero attached hydrogens (tertiary/aromatic N) is 1. The van der Waals surface area contributed by atoms with Crippen molar-refractivity contribution in [2.75, 3.05) is 17.3 Å². The first-order valence-corrected chi connectivity index (χ1v) is 10.2. The van der Waals surface area contributed by atoms with Gasteiger partial charge >= 0.3 is 0 Å². The van der Waals surface area contributed by atoms with E-state index in [1.165, 1.54) is 7.11 Å². The highest BCUT2D eigenvalue weighted by atomic mass is 35.5. The van der Waals surface area contributed by atoms with Gasteiger partial charge in [-0.3, -0.25) is 9.59 Å². The number of para-hydroxylation sites is 2. The zero-order valence-electron chi connectivity index (χ0n) is 16.8. The molecule has 0 saturated carbocycles. The van der Waals surface area contributed by atoms with Crippen LogP contribution in [0.4, 0.5) is 11.4 Å². The molecular formula is C24H18Cl2N2O3. The van der Waals surface area contributed by atoms with E-state index in [-0.39, 0.29) is 11.3 Å². The third-order valence-electron chi connectivity index (χ3n) is 4.98. The number of nitrogens with one attached hydrogen (secondary N) is 1. The van der Waals surface area contributed by atoms with E-state index in [9.17, 15) is 9.59 Å². The minimum atomic E-state index is -0.490. The summed E-state index contributed by atoms with van der Waals surface area (Å²) in [5.74, 6) is -0.534. The number of hydrogen-bond acceptors (Lipinski definition) is 4. The lowest BCUT2D eigenvalue weighted by Crippen LogP contribution is -2.32. The summed E-state index contributed by atoms with van der Waals surface area (Å²) in [5, 5.41) is 4.18. The number of imide groups is 1. The molecule has 5 nitrogen and oxygen atoms in total. The Balaban J connectivity index is 1.84. The number of carbonyl (C=O) groups is 2. The first-order chi connectivity index (χ1) is 14.9. The number of hydrogen-bond donors (Lipinski definition) is 1. The summed E-state index contributed by atoms with van der Waals surface area (Å²) in [5.41, 5.74) is 2.83. The minimum Gasteiger partial charge on any atom is -0.495 e. The van der Waals surface area contributed by atoms with Gasteiger partial charge in [-0.05, 0) is 54.4 Å². The Morgan fingerprint density at radius 2 is 1.61 bits per heavy atom. The van der Waals surface area contributed by atoms with E-state index in [4.69, 9.17) is 27.9 Å². The Kier molecular flexibility index (Phi) is 5.72. The SMILES string of the molecule is COc1ccccc1N1C(=O)C(Nc2ccc(C)c(Cl)c2)=C(c2ccc(Cl)cc2)C1=O. The quantitative estimate of drug-likeness (QED) is 0.503. The number of aryl methyl sites for hydroxylation is 1. The Morgan fingerprint density at radius 1 is 0.903 bits per heavy atom. The predicted octanol–water partition coefficient (Wildman–Crippen LogP) is 5.71. The fourth-order valence-electron chi connectivity index (χ4n) is 3.38. The van der Waals surface area contributed by atoms with E-state index in [1.807, 2.05) is 13.0 Å². The molecule has 0 saturated heterocycles. The fraction of sp³-hybridized carbons (Fsp3) is 0.0833. The molecule has 1 aliphatic heterocycles. The number of anilines is 2. The van der Waals surface area contributed by atoms with Crippen LogP contribution in [-0.2, 0) is 9.59 Å². The molecule has 156 valence electrons. The molecule has 0 spiro atoms. The average Bonchev–Trinajstić information content (AvgIpc) is 3.01. The molecule has 4 rings (SSSR count). The number of ether oxygens (including phenoxy) is 1. The number of rotatable bonds is 5. The van der Waals surface area contributed by atoms with E-state index in [0.717, 1.165) is 10.5 Å². The van der Waals surface area contributed by atoms with Crippen LogP contribution in [0.15, 0.2) is 72.4 Å². The average molecular weight is 453 g/mol. The summed E-state index contributed by atoms with van der Waals surface area (Å²) in [4.78, 5) is 28.1. The minimum absolute atomic E-state index is 0.151. The van der Waals surface area contributed by atoms with Gasteiger partial charge in [-0.15, -0.1) is 0 Å². The molecule has 2 amide bonds. The van der Waals surface area contributed by atoms with Crippen molar-refractivity contribution < 1.29 is 14.3 Å². The summed E-state index contributed by atoms with van der Waals surface area (Å²) in [6, 6.07) is 19.0. The van der Waals surface area contributed by atoms with Crippen molar-refractivity contribution in [3.05, 3.63) is 93.6 Å². The van der Waals surface area contributed by atoms with Crippen LogP contribution in [0.2, 0.25) is 10.0 Å². The number of halogens is 2. The standard InChI is InChI=1S/C24H18Cl2N2O3/c1-14-7-12-17(13-18(14)26)27-22-21(15-8-10-16(25)11-9-15)23(29)28(24(22)30)19-5-3-4-6-20(19)31-2/h3-13,27H,1-2H3. The number of methoxy groups -OCH3 is 1. The maximum atomic E-state index is 13.5. The second-order valence-corrected chi connectivity index (χ2v) is 7.81. The molecule has 31 heavy (non-hydrogen) atoms. The van der Waals surface area contributed by atoms with Gasteiger partial charge in [-0.2, -0.15) is 0 Å². The van der Waals surface area contributed by atoms with Gasteiger partial charge in [-0.25, -0.2) is 4.90 Å². The molecule has 1 N–H and O–H groups in total. The molecule has 3 aromatic carbocycles. The van der Waals surface area contributed by atoms with Gasteiger partial charge < -0.3 is 10.1 Å². The topological polar surface area (TPSA) is 58.6 Å². The third-order valence-corrected chi connectivity index (χ3v) is 5.64. The van der Waals surface area contributed by atoms with Crippen LogP contribution < -0.4 is 15.0 Å². The number of amides is 2. The normalized spacial score (nSPS) is 13.7. The van der Waals surface area contributed by atoms with Crippen LogP contribution in [0.1, 0.15) is 11.1 Å². The van der Waals surface area contributed by atoms with Crippen LogP contribution in [0, 0.1) is 6.92 Å². The van der Waals surface area contributed by atoms with Gasteiger partial charge in [0.25, 0.3) is 11.8 Å². The Bertz CT molecular complexity index is 1220. The lowest BCUT2D eigenvalue weighted by atomic mass is 10.0. The summed E-state index contributed by atoms with van der Waals surface area (Å²) < 4.78 is 5.37. The second-order valence-electron chi connectivity index (χ2n) is 6.96. The van der Waals surface area contributed by atoms with Crippen LogP contribution >= 0.6 is 23.2 Å². The van der Waals surface area contributed by atoms with E-state index in [1.54, 1.807) is 60.7 Å². The van der Waals surface area contributed by atoms with Gasteiger partial charge in [0.1, 0.15) is 11.4 Å². The predicted molar refractivity (Wildman–Crippen MR) is 124 cm³/mol. The molecule has 0 radical (unpaired) electrons. The molecular weight excluding hydrogens is 435 g/mol. The molecule has 0 atom stereocenters. The lowest BCUT2D eigenvalue weighted by Gasteiger charge is -2.18. The van der Waals surface area contributed by atoms with Gasteiger partial charge in [0.05, 0.1) is 18.4 Å². The lowest BCUT2D eigenvalue weighted by molar-refractivity contribution is -0.120. The monoisotopic (exact) mass is 452 g/mol. The Hall–Kier alpha value is -3.28. The fourth-order valence-corrected chi connectivity index (χ4v) is 3.68. The van der Waals surface area contributed by atoms with Gasteiger partial charge in [0, 0.05) is 15.7 Å². The van der Waals surface area contributed by atoms with Crippen molar-refractivity contribution in [1.29, 1.82) is 0 Å². The van der Waals surface area contributed by atoms with Gasteiger partial charge in [0.2, 0.25) is 0 Å². The summed E-state index contributed by atoms with van der Waals surface area (Å²) in [6.45, 7) is 1.89. The highest BCUT2D eigenvalue weighted by Gasteiger charge is 2.41. The van der Waals surface area contributed by atoms with Crippen molar-refractivity contribution in [3.63, 3.8) is 0 Å². The molecule has 0 unspecified atom stereocenters. The van der Waals surface area contributed by atoms with Crippen LogP contribution in [0.5, 0.6) is 5.75 Å². The molecule has 0 bridgehead atoms. The Labute approximate surface area is 189 Å². The highest BCUT2D eigenvalue weighted by Crippen LogP contribution is 2.38. The number of benzene rings is 3. The van der Waals surface area contributed by atoms with Crippen molar-refractivity contribution in [1.82, 2.24) is 0 Å².